The second kappa shape index (κ2) is 8.90. The Kier molecular flexibility index (Phi) is 6.32. The van der Waals surface area contributed by atoms with Crippen molar-refractivity contribution in [1.29, 1.82) is 0 Å². The van der Waals surface area contributed by atoms with Crippen LogP contribution < -0.4 is 10.7 Å². The first-order valence-corrected chi connectivity index (χ1v) is 11.5. The second-order valence-electron chi connectivity index (χ2n) is 7.82. The van der Waals surface area contributed by atoms with Crippen molar-refractivity contribution in [2.45, 2.75) is 25.4 Å². The van der Waals surface area contributed by atoms with Gasteiger partial charge in [-0.15, -0.1) is 19.4 Å². The van der Waals surface area contributed by atoms with Gasteiger partial charge < -0.3 is 24.8 Å². The molecule has 2 aromatic heterocycles. The predicted molar refractivity (Wildman–Crippen MR) is 123 cm³/mol. The Morgan fingerprint density at radius 2 is 1.97 bits per heavy atom. The maximum absolute atomic E-state index is 14.2. The number of nitrogens with zero attached hydrogens (tertiary/aromatic N) is 4. The van der Waals surface area contributed by atoms with Crippen LogP contribution in [-0.4, -0.2) is 66.2 Å². The molecule has 4 rings (SSSR count). The third kappa shape index (κ3) is 3.95. The Balaban J connectivity index is 1.75. The van der Waals surface area contributed by atoms with E-state index in [1.807, 2.05) is 0 Å². The Morgan fingerprint density at radius 1 is 1.24 bits per heavy atom. The summed E-state index contributed by atoms with van der Waals surface area (Å²) in [5.41, 5.74) is -1.84. The zero-order valence-corrected chi connectivity index (χ0v) is 19.6. The number of hydrogen-bond acceptors (Lipinski definition) is 8. The summed E-state index contributed by atoms with van der Waals surface area (Å²) in [6.07, 6.45) is 1.55. The molecule has 0 spiro atoms. The minimum Gasteiger partial charge on any atom is -0.503 e. The molecule has 1 atom stereocenters. The molecule has 1 amide bonds. The highest BCUT2D eigenvalue weighted by atomic mass is 32.1. The van der Waals surface area contributed by atoms with Crippen LogP contribution in [0.1, 0.15) is 28.0 Å². The van der Waals surface area contributed by atoms with E-state index in [-0.39, 0.29) is 41.6 Å². The number of halogens is 1. The number of amides is 1. The van der Waals surface area contributed by atoms with E-state index in [0.29, 0.717) is 15.9 Å². The molecule has 1 aliphatic rings. The molecule has 1 unspecified atom stereocenters. The van der Waals surface area contributed by atoms with Gasteiger partial charge >= 0.3 is 0 Å². The fourth-order valence-electron chi connectivity index (χ4n) is 4.00. The number of hydrogen-bond donors (Lipinski definition) is 3. The molecule has 0 radical (unpaired) electrons. The first-order valence-electron chi connectivity index (χ1n) is 10.1. The van der Waals surface area contributed by atoms with Crippen LogP contribution in [0.4, 0.5) is 4.39 Å². The van der Waals surface area contributed by atoms with Crippen molar-refractivity contribution in [3.63, 3.8) is 0 Å². The highest BCUT2D eigenvalue weighted by molar-refractivity contribution is 7.27. The minimum atomic E-state index is -1.29. The molecule has 3 aromatic rings. The van der Waals surface area contributed by atoms with Gasteiger partial charge in [0.15, 0.2) is 16.5 Å². The SMILES string of the molecule is CCN1C(=O)c2c(O)c(=O)c(-c3nnc(Cc4ccc(P)cc4F)s3)cn2CC1(CO)CO. The number of aromatic nitrogens is 3. The topological polar surface area (TPSA) is 129 Å². The summed E-state index contributed by atoms with van der Waals surface area (Å²) in [4.78, 5) is 27.1. The third-order valence-electron chi connectivity index (χ3n) is 5.76. The lowest BCUT2D eigenvalue weighted by Crippen LogP contribution is -2.62. The number of pyridine rings is 1. The van der Waals surface area contributed by atoms with E-state index in [1.165, 1.54) is 21.7 Å². The zero-order valence-electron chi connectivity index (χ0n) is 17.7. The second-order valence-corrected chi connectivity index (χ2v) is 9.54. The molecule has 3 heterocycles. The van der Waals surface area contributed by atoms with Gasteiger partial charge in [-0.1, -0.05) is 23.5 Å². The summed E-state index contributed by atoms with van der Waals surface area (Å²) in [6, 6.07) is 4.79. The number of aliphatic hydroxyl groups is 2. The summed E-state index contributed by atoms with van der Waals surface area (Å²) in [5, 5.41) is 39.9. The average molecular weight is 492 g/mol. The van der Waals surface area contributed by atoms with Crippen LogP contribution in [-0.2, 0) is 13.0 Å². The molecule has 1 aromatic carbocycles. The van der Waals surface area contributed by atoms with Crippen LogP contribution in [0.5, 0.6) is 5.75 Å². The van der Waals surface area contributed by atoms with Crippen molar-refractivity contribution in [2.24, 2.45) is 0 Å². The molecule has 9 nitrogen and oxygen atoms in total. The molecule has 3 N–H and O–H groups in total. The van der Waals surface area contributed by atoms with E-state index in [0.717, 1.165) is 11.3 Å². The van der Waals surface area contributed by atoms with Crippen LogP contribution in [0.3, 0.4) is 0 Å². The first kappa shape index (κ1) is 23.4. The van der Waals surface area contributed by atoms with Gasteiger partial charge in [-0.2, -0.15) is 0 Å². The molecular weight excluding hydrogens is 470 g/mol. The molecular formula is C21H22FN4O5PS. The van der Waals surface area contributed by atoms with Crippen LogP contribution in [0.25, 0.3) is 10.6 Å². The van der Waals surface area contributed by atoms with E-state index in [1.54, 1.807) is 19.1 Å². The fourth-order valence-corrected chi connectivity index (χ4v) is 5.11. The van der Waals surface area contributed by atoms with Gasteiger partial charge in [0, 0.05) is 19.2 Å². The summed E-state index contributed by atoms with van der Waals surface area (Å²) in [6.45, 7) is 0.801. The maximum Gasteiger partial charge on any atom is 0.275 e. The fraction of sp³-hybridized carbons (Fsp3) is 0.333. The van der Waals surface area contributed by atoms with Gasteiger partial charge in [-0.3, -0.25) is 9.59 Å². The predicted octanol–water partition coefficient (Wildman–Crippen LogP) is 0.502. The van der Waals surface area contributed by atoms with Crippen molar-refractivity contribution in [2.75, 3.05) is 19.8 Å². The van der Waals surface area contributed by atoms with Crippen LogP contribution >= 0.6 is 20.6 Å². The number of rotatable bonds is 6. The number of fused-ring (bicyclic) bond motifs is 1. The van der Waals surface area contributed by atoms with Gasteiger partial charge in [0.1, 0.15) is 16.4 Å². The van der Waals surface area contributed by atoms with E-state index in [2.05, 4.69) is 19.4 Å². The lowest BCUT2D eigenvalue weighted by molar-refractivity contribution is -0.0230. The summed E-state index contributed by atoms with van der Waals surface area (Å²) < 4.78 is 15.5. The summed E-state index contributed by atoms with van der Waals surface area (Å²) in [7, 11) is 2.42. The number of benzene rings is 1. The molecule has 0 aliphatic carbocycles. The molecule has 33 heavy (non-hydrogen) atoms. The number of likely N-dealkylation sites (N-methyl/N-ethyl adjacent to an activating group) is 1. The molecule has 0 saturated heterocycles. The van der Waals surface area contributed by atoms with E-state index >= 15 is 0 Å². The van der Waals surface area contributed by atoms with E-state index in [9.17, 15) is 29.3 Å². The molecule has 0 bridgehead atoms. The van der Waals surface area contributed by atoms with Gasteiger partial charge in [0.2, 0.25) is 5.43 Å². The monoisotopic (exact) mass is 492 g/mol. The minimum absolute atomic E-state index is 0.0170. The van der Waals surface area contributed by atoms with Crippen molar-refractivity contribution < 1.29 is 24.5 Å². The zero-order chi connectivity index (χ0) is 23.9. The summed E-state index contributed by atoms with van der Waals surface area (Å²) in [5.74, 6) is -1.78. The van der Waals surface area contributed by atoms with Crippen LogP contribution in [0, 0.1) is 5.82 Å². The standard InChI is InChI=1S/C21H22FN4O5PS/c1-2-26-20(31)16-18(30)17(29)13(7-25(16)8-21(26,9-27)10-28)19-24-23-15(33-19)5-11-3-4-12(32)6-14(11)22/h3-4,6-7,27-28,30H,2,5,8-10,32H2,1H3. The van der Waals surface area contributed by atoms with Crippen LogP contribution in [0.2, 0.25) is 0 Å². The normalized spacial score (nSPS) is 15.1. The molecule has 0 fully saturated rings. The quantitative estimate of drug-likeness (QED) is 0.428. The average Bonchev–Trinajstić information content (AvgIpc) is 3.26. The Hall–Kier alpha value is -2.72. The Labute approximate surface area is 194 Å². The molecule has 1 aliphatic heterocycles. The highest BCUT2D eigenvalue weighted by Crippen LogP contribution is 2.32. The van der Waals surface area contributed by atoms with Crippen molar-refractivity contribution >= 4 is 31.8 Å². The highest BCUT2D eigenvalue weighted by Gasteiger charge is 2.45. The molecule has 174 valence electrons. The lowest BCUT2D eigenvalue weighted by atomic mass is 9.94. The Morgan fingerprint density at radius 3 is 2.61 bits per heavy atom. The van der Waals surface area contributed by atoms with E-state index < -0.39 is 35.8 Å². The molecule has 0 saturated carbocycles. The van der Waals surface area contributed by atoms with Gasteiger partial charge in [-0.25, -0.2) is 4.39 Å². The van der Waals surface area contributed by atoms with Crippen molar-refractivity contribution in [3.8, 4) is 16.3 Å². The number of aromatic hydroxyl groups is 1. The summed E-state index contributed by atoms with van der Waals surface area (Å²) >= 11 is 1.07. The third-order valence-corrected chi connectivity index (χ3v) is 7.08. The van der Waals surface area contributed by atoms with Crippen molar-refractivity contribution in [3.05, 3.63) is 56.7 Å². The smallest absolute Gasteiger partial charge is 0.275 e. The first-order chi connectivity index (χ1) is 15.7. The number of carbonyl (C=O) groups is 1. The number of aliphatic hydroxyl groups excluding tert-OH is 2. The molecule has 12 heteroatoms. The van der Waals surface area contributed by atoms with E-state index in [4.69, 9.17) is 0 Å². The Bertz CT molecular complexity index is 1290. The lowest BCUT2D eigenvalue weighted by Gasteiger charge is -2.45. The van der Waals surface area contributed by atoms with Crippen LogP contribution in [0.15, 0.2) is 29.2 Å². The number of carbonyl (C=O) groups excluding carboxylic acids is 1. The largest absolute Gasteiger partial charge is 0.503 e. The van der Waals surface area contributed by atoms with Crippen molar-refractivity contribution in [1.82, 2.24) is 19.7 Å². The van der Waals surface area contributed by atoms with Gasteiger partial charge in [0.05, 0.1) is 25.3 Å². The maximum atomic E-state index is 14.2. The van der Waals surface area contributed by atoms with Gasteiger partial charge in [-0.05, 0) is 23.9 Å². The van der Waals surface area contributed by atoms with Gasteiger partial charge in [0.25, 0.3) is 5.91 Å².